The molecular formula is C15H15N3O3S2. The number of benzene rings is 1. The van der Waals surface area contributed by atoms with Crippen molar-refractivity contribution in [2.45, 2.75) is 29.9 Å². The molecule has 0 amide bonds. The number of thiazole rings is 1. The van der Waals surface area contributed by atoms with Gasteiger partial charge >= 0.3 is 0 Å². The van der Waals surface area contributed by atoms with E-state index in [4.69, 9.17) is 9.56 Å². The molecule has 1 aliphatic rings. The van der Waals surface area contributed by atoms with Crippen molar-refractivity contribution in [1.29, 1.82) is 0 Å². The van der Waals surface area contributed by atoms with E-state index in [9.17, 15) is 8.42 Å². The second-order valence-corrected chi connectivity index (χ2v) is 9.21. The average molecular weight is 349 g/mol. The molecule has 2 aromatic heterocycles. The number of rotatable bonds is 3. The van der Waals surface area contributed by atoms with Crippen molar-refractivity contribution in [3.05, 3.63) is 41.4 Å². The Morgan fingerprint density at radius 1 is 1.26 bits per heavy atom. The monoisotopic (exact) mass is 349 g/mol. The van der Waals surface area contributed by atoms with Gasteiger partial charge in [-0.05, 0) is 17.5 Å². The minimum atomic E-state index is -3.71. The van der Waals surface area contributed by atoms with Gasteiger partial charge in [0.1, 0.15) is 5.52 Å². The van der Waals surface area contributed by atoms with Crippen LogP contribution in [-0.2, 0) is 10.0 Å². The zero-order chi connectivity index (χ0) is 16.4. The lowest BCUT2D eigenvalue weighted by molar-refractivity contribution is 0.493. The summed E-state index contributed by atoms with van der Waals surface area (Å²) >= 11 is 1.12. The number of oxazole rings is 1. The van der Waals surface area contributed by atoms with Crippen LogP contribution in [0.1, 0.15) is 36.6 Å². The van der Waals surface area contributed by atoms with Crippen LogP contribution in [0.25, 0.3) is 11.1 Å². The van der Waals surface area contributed by atoms with Crippen LogP contribution >= 0.6 is 11.3 Å². The fraction of sp³-hybridized carbons (Fsp3) is 0.333. The summed E-state index contributed by atoms with van der Waals surface area (Å²) < 4.78 is 28.8. The first-order valence-corrected chi connectivity index (χ1v) is 9.49. The van der Waals surface area contributed by atoms with Crippen LogP contribution in [0.3, 0.4) is 0 Å². The van der Waals surface area contributed by atoms with E-state index in [1.54, 1.807) is 0 Å². The molecule has 3 aromatic rings. The van der Waals surface area contributed by atoms with Gasteiger partial charge in [0, 0.05) is 5.92 Å². The number of para-hydroxylation sites is 2. The fourth-order valence-electron chi connectivity index (χ4n) is 3.13. The maximum atomic E-state index is 11.4. The molecule has 4 rings (SSSR count). The number of nitrogens with two attached hydrogens (primary N) is 1. The van der Waals surface area contributed by atoms with Crippen molar-refractivity contribution in [3.63, 3.8) is 0 Å². The molecule has 120 valence electrons. The smallest absolute Gasteiger partial charge is 0.249 e. The molecule has 23 heavy (non-hydrogen) atoms. The van der Waals surface area contributed by atoms with E-state index in [-0.39, 0.29) is 21.5 Å². The van der Waals surface area contributed by atoms with E-state index < -0.39 is 10.0 Å². The number of aromatic nitrogens is 2. The standard InChI is InChI=1S/C15H15N3O3S2/c1-15(2)11(13-18-8-5-3-4-6-9(8)21-13)12(15)14-17-7-10(22-14)23(16,19)20/h3-7,11-12H,1-2H3,(H2,16,19,20). The molecular weight excluding hydrogens is 334 g/mol. The summed E-state index contributed by atoms with van der Waals surface area (Å²) in [6.07, 6.45) is 1.33. The van der Waals surface area contributed by atoms with Crippen LogP contribution in [0.15, 0.2) is 39.1 Å². The predicted octanol–water partition coefficient (Wildman–Crippen LogP) is 2.84. The molecule has 1 saturated carbocycles. The zero-order valence-corrected chi connectivity index (χ0v) is 14.2. The Bertz CT molecular complexity index is 971. The lowest BCUT2D eigenvalue weighted by Gasteiger charge is -1.97. The molecule has 1 aliphatic carbocycles. The van der Waals surface area contributed by atoms with Gasteiger partial charge in [-0.3, -0.25) is 0 Å². The van der Waals surface area contributed by atoms with E-state index >= 15 is 0 Å². The number of hydrogen-bond donors (Lipinski definition) is 1. The number of hydrogen-bond acceptors (Lipinski definition) is 6. The third-order valence-electron chi connectivity index (χ3n) is 4.45. The largest absolute Gasteiger partial charge is 0.440 e. The van der Waals surface area contributed by atoms with E-state index in [1.165, 1.54) is 6.20 Å². The fourth-order valence-corrected chi connectivity index (χ4v) is 5.03. The number of fused-ring (bicyclic) bond motifs is 1. The predicted molar refractivity (Wildman–Crippen MR) is 86.8 cm³/mol. The quantitative estimate of drug-likeness (QED) is 0.784. The molecule has 2 unspecified atom stereocenters. The molecule has 0 bridgehead atoms. The molecule has 0 aliphatic heterocycles. The summed E-state index contributed by atoms with van der Waals surface area (Å²) in [6.45, 7) is 4.21. The maximum Gasteiger partial charge on any atom is 0.249 e. The van der Waals surface area contributed by atoms with Gasteiger partial charge in [-0.1, -0.05) is 26.0 Å². The third kappa shape index (κ3) is 2.29. The highest BCUT2D eigenvalue weighted by molar-refractivity contribution is 7.91. The van der Waals surface area contributed by atoms with Gasteiger partial charge in [-0.2, -0.15) is 0 Å². The van der Waals surface area contributed by atoms with Crippen molar-refractivity contribution >= 4 is 32.5 Å². The summed E-state index contributed by atoms with van der Waals surface area (Å²) in [5.41, 5.74) is 1.50. The molecule has 1 fully saturated rings. The maximum absolute atomic E-state index is 11.4. The van der Waals surface area contributed by atoms with Crippen LogP contribution in [0.4, 0.5) is 0 Å². The van der Waals surface area contributed by atoms with Crippen molar-refractivity contribution < 1.29 is 12.8 Å². The van der Waals surface area contributed by atoms with Crippen molar-refractivity contribution in [1.82, 2.24) is 9.97 Å². The molecule has 6 nitrogen and oxygen atoms in total. The minimum Gasteiger partial charge on any atom is -0.440 e. The summed E-state index contributed by atoms with van der Waals surface area (Å²) in [5, 5.41) is 5.92. The molecule has 2 atom stereocenters. The minimum absolute atomic E-state index is 0.0781. The Labute approximate surface area is 137 Å². The summed E-state index contributed by atoms with van der Waals surface area (Å²) in [4.78, 5) is 8.83. The second-order valence-electron chi connectivity index (χ2n) is 6.36. The van der Waals surface area contributed by atoms with E-state index in [0.717, 1.165) is 27.4 Å². The molecule has 0 radical (unpaired) electrons. The van der Waals surface area contributed by atoms with Crippen LogP contribution in [-0.4, -0.2) is 18.4 Å². The lowest BCUT2D eigenvalue weighted by atomic mass is 10.1. The van der Waals surface area contributed by atoms with E-state index in [1.807, 2.05) is 24.3 Å². The summed E-state index contributed by atoms with van der Waals surface area (Å²) in [5.74, 6) is 0.832. The molecule has 1 aromatic carbocycles. The van der Waals surface area contributed by atoms with E-state index in [0.29, 0.717) is 5.89 Å². The Hall–Kier alpha value is -1.77. The van der Waals surface area contributed by atoms with E-state index in [2.05, 4.69) is 23.8 Å². The van der Waals surface area contributed by atoms with Crippen LogP contribution in [0.2, 0.25) is 0 Å². The van der Waals surface area contributed by atoms with Gasteiger partial charge in [0.15, 0.2) is 15.7 Å². The average Bonchev–Trinajstić information content (AvgIpc) is 2.92. The normalized spacial score (nSPS) is 23.3. The lowest BCUT2D eigenvalue weighted by Crippen LogP contribution is -2.09. The first-order valence-electron chi connectivity index (χ1n) is 7.12. The zero-order valence-electron chi connectivity index (χ0n) is 12.6. The van der Waals surface area contributed by atoms with Crippen LogP contribution in [0.5, 0.6) is 0 Å². The summed E-state index contributed by atoms with van der Waals surface area (Å²) in [6, 6.07) is 7.63. The Morgan fingerprint density at radius 2 is 2.00 bits per heavy atom. The molecule has 0 spiro atoms. The van der Waals surface area contributed by atoms with Gasteiger partial charge in [-0.15, -0.1) is 11.3 Å². The second kappa shape index (κ2) is 4.62. The highest BCUT2D eigenvalue weighted by atomic mass is 32.2. The molecule has 2 heterocycles. The van der Waals surface area contributed by atoms with Gasteiger partial charge in [0.2, 0.25) is 10.0 Å². The summed E-state index contributed by atoms with van der Waals surface area (Å²) in [7, 11) is -3.71. The highest BCUT2D eigenvalue weighted by Crippen LogP contribution is 2.70. The van der Waals surface area contributed by atoms with Crippen LogP contribution < -0.4 is 5.14 Å². The van der Waals surface area contributed by atoms with Crippen LogP contribution in [0, 0.1) is 5.41 Å². The Kier molecular flexibility index (Phi) is 2.97. The van der Waals surface area contributed by atoms with Gasteiger partial charge < -0.3 is 4.42 Å². The first-order chi connectivity index (χ1) is 10.8. The highest BCUT2D eigenvalue weighted by Gasteiger charge is 2.63. The topological polar surface area (TPSA) is 99.1 Å². The van der Waals surface area contributed by atoms with Crippen molar-refractivity contribution in [2.75, 3.05) is 0 Å². The molecule has 0 saturated heterocycles. The SMILES string of the molecule is CC1(C)C(c2nc3ccccc3o2)C1c1ncc(S(N)(=O)=O)s1. The molecule has 2 N–H and O–H groups in total. The Balaban J connectivity index is 1.72. The number of primary sulfonamides is 1. The Morgan fingerprint density at radius 3 is 2.65 bits per heavy atom. The number of sulfonamides is 1. The van der Waals surface area contributed by atoms with Gasteiger partial charge in [-0.25, -0.2) is 23.5 Å². The first kappa shape index (κ1) is 14.8. The van der Waals surface area contributed by atoms with Gasteiger partial charge in [0.05, 0.1) is 17.1 Å². The van der Waals surface area contributed by atoms with Crippen molar-refractivity contribution in [2.24, 2.45) is 10.6 Å². The number of nitrogens with zero attached hydrogens (tertiary/aromatic N) is 2. The van der Waals surface area contributed by atoms with Gasteiger partial charge in [0.25, 0.3) is 0 Å². The van der Waals surface area contributed by atoms with Crippen molar-refractivity contribution in [3.8, 4) is 0 Å². The third-order valence-corrected chi connectivity index (χ3v) is 6.94. The molecule has 8 heteroatoms.